The second kappa shape index (κ2) is 4.65. The van der Waals surface area contributed by atoms with Crippen molar-refractivity contribution < 1.29 is 0 Å². The van der Waals surface area contributed by atoms with Gasteiger partial charge in [0.05, 0.1) is 11.6 Å². The van der Waals surface area contributed by atoms with Gasteiger partial charge < -0.3 is 0 Å². The van der Waals surface area contributed by atoms with Crippen molar-refractivity contribution in [2.45, 2.75) is 31.6 Å². The van der Waals surface area contributed by atoms with Crippen LogP contribution < -0.4 is 0 Å². The number of aryl methyl sites for hydroxylation is 1. The van der Waals surface area contributed by atoms with Gasteiger partial charge in [0.1, 0.15) is 5.69 Å². The Hall–Kier alpha value is -1.48. The van der Waals surface area contributed by atoms with Crippen molar-refractivity contribution in [2.24, 2.45) is 0 Å². The molecule has 0 saturated heterocycles. The standard InChI is InChI=1S/C14H14ClN3/c1-9-3-2-4-12(17-9)14-16-8-11(7-15)13(18-14)10-5-6-10/h2-4,8,10H,5-7H2,1H3. The molecule has 1 aliphatic carbocycles. The van der Waals surface area contributed by atoms with Gasteiger partial charge in [0, 0.05) is 23.4 Å². The Balaban J connectivity index is 2.05. The van der Waals surface area contributed by atoms with Crippen molar-refractivity contribution >= 4 is 11.6 Å². The highest BCUT2D eigenvalue weighted by molar-refractivity contribution is 6.17. The molecule has 1 fully saturated rings. The summed E-state index contributed by atoms with van der Waals surface area (Å²) < 4.78 is 0. The van der Waals surface area contributed by atoms with E-state index in [0.29, 0.717) is 17.6 Å². The smallest absolute Gasteiger partial charge is 0.178 e. The molecule has 3 rings (SSSR count). The van der Waals surface area contributed by atoms with E-state index in [1.807, 2.05) is 31.3 Å². The van der Waals surface area contributed by atoms with Crippen LogP contribution in [0.25, 0.3) is 11.5 Å². The lowest BCUT2D eigenvalue weighted by molar-refractivity contribution is 0.952. The summed E-state index contributed by atoms with van der Waals surface area (Å²) in [5, 5.41) is 0. The van der Waals surface area contributed by atoms with Crippen LogP contribution in [-0.2, 0) is 5.88 Å². The minimum atomic E-state index is 0.480. The highest BCUT2D eigenvalue weighted by Crippen LogP contribution is 2.41. The van der Waals surface area contributed by atoms with Gasteiger partial charge in [-0.1, -0.05) is 6.07 Å². The normalized spacial score (nSPS) is 14.8. The second-order valence-electron chi connectivity index (χ2n) is 4.68. The molecule has 0 unspecified atom stereocenters. The summed E-state index contributed by atoms with van der Waals surface area (Å²) in [5.74, 6) is 1.76. The molecule has 2 aromatic heterocycles. The number of hydrogen-bond donors (Lipinski definition) is 0. The van der Waals surface area contributed by atoms with Gasteiger partial charge in [-0.05, 0) is 31.9 Å². The zero-order chi connectivity index (χ0) is 12.5. The molecule has 0 aromatic carbocycles. The molecule has 0 bridgehead atoms. The van der Waals surface area contributed by atoms with E-state index >= 15 is 0 Å². The molecule has 0 amide bonds. The largest absolute Gasteiger partial charge is 0.250 e. The molecule has 1 aliphatic rings. The van der Waals surface area contributed by atoms with Crippen molar-refractivity contribution in [3.63, 3.8) is 0 Å². The third-order valence-electron chi connectivity index (χ3n) is 3.12. The molecule has 0 atom stereocenters. The highest BCUT2D eigenvalue weighted by atomic mass is 35.5. The zero-order valence-corrected chi connectivity index (χ0v) is 11.0. The van der Waals surface area contributed by atoms with Crippen LogP contribution in [0.2, 0.25) is 0 Å². The van der Waals surface area contributed by atoms with Crippen LogP contribution in [0.3, 0.4) is 0 Å². The zero-order valence-electron chi connectivity index (χ0n) is 10.2. The number of nitrogens with zero attached hydrogens (tertiary/aromatic N) is 3. The monoisotopic (exact) mass is 259 g/mol. The molecule has 4 heteroatoms. The molecule has 3 nitrogen and oxygen atoms in total. The van der Waals surface area contributed by atoms with Gasteiger partial charge in [-0.15, -0.1) is 11.6 Å². The fourth-order valence-corrected chi connectivity index (χ4v) is 2.23. The van der Waals surface area contributed by atoms with Gasteiger partial charge in [-0.2, -0.15) is 0 Å². The quantitative estimate of drug-likeness (QED) is 0.793. The molecule has 0 aliphatic heterocycles. The topological polar surface area (TPSA) is 38.7 Å². The molecule has 2 heterocycles. The Morgan fingerprint density at radius 3 is 2.78 bits per heavy atom. The summed E-state index contributed by atoms with van der Waals surface area (Å²) in [5.41, 5.74) is 3.97. The average Bonchev–Trinajstić information content (AvgIpc) is 3.22. The summed E-state index contributed by atoms with van der Waals surface area (Å²) in [6.45, 7) is 1.97. The van der Waals surface area contributed by atoms with E-state index in [1.165, 1.54) is 12.8 Å². The first-order valence-corrected chi connectivity index (χ1v) is 6.67. The van der Waals surface area contributed by atoms with E-state index in [0.717, 1.165) is 22.6 Å². The van der Waals surface area contributed by atoms with Gasteiger partial charge in [-0.3, -0.25) is 0 Å². The van der Waals surface area contributed by atoms with Crippen LogP contribution in [0.1, 0.15) is 35.7 Å². The van der Waals surface area contributed by atoms with Gasteiger partial charge in [-0.25, -0.2) is 15.0 Å². The molecule has 0 spiro atoms. The summed E-state index contributed by atoms with van der Waals surface area (Å²) in [4.78, 5) is 13.5. The molecular formula is C14H14ClN3. The van der Waals surface area contributed by atoms with E-state index in [1.54, 1.807) is 0 Å². The Bertz CT molecular complexity index is 579. The highest BCUT2D eigenvalue weighted by Gasteiger charge is 2.28. The lowest BCUT2D eigenvalue weighted by Gasteiger charge is -2.07. The van der Waals surface area contributed by atoms with Crippen LogP contribution in [-0.4, -0.2) is 15.0 Å². The Morgan fingerprint density at radius 1 is 1.28 bits per heavy atom. The molecule has 92 valence electrons. The fraction of sp³-hybridized carbons (Fsp3) is 0.357. The van der Waals surface area contributed by atoms with Crippen molar-refractivity contribution in [3.8, 4) is 11.5 Å². The summed E-state index contributed by atoms with van der Waals surface area (Å²) in [6, 6.07) is 5.89. The molecular weight excluding hydrogens is 246 g/mol. The Labute approximate surface area is 111 Å². The maximum absolute atomic E-state index is 5.93. The molecule has 2 aromatic rings. The Kier molecular flexibility index (Phi) is 3.00. The SMILES string of the molecule is Cc1cccc(-c2ncc(CCl)c(C3CC3)n2)n1. The van der Waals surface area contributed by atoms with Gasteiger partial charge >= 0.3 is 0 Å². The fourth-order valence-electron chi connectivity index (χ4n) is 2.02. The number of alkyl halides is 1. The lowest BCUT2D eigenvalue weighted by Crippen LogP contribution is -2.00. The third kappa shape index (κ3) is 2.23. The van der Waals surface area contributed by atoms with E-state index in [2.05, 4.69) is 15.0 Å². The van der Waals surface area contributed by atoms with Crippen LogP contribution in [0, 0.1) is 6.92 Å². The van der Waals surface area contributed by atoms with Crippen LogP contribution in [0.15, 0.2) is 24.4 Å². The molecule has 1 saturated carbocycles. The van der Waals surface area contributed by atoms with Crippen molar-refractivity contribution in [1.29, 1.82) is 0 Å². The predicted octanol–water partition coefficient (Wildman–Crippen LogP) is 3.46. The lowest BCUT2D eigenvalue weighted by atomic mass is 10.1. The maximum atomic E-state index is 5.93. The first-order valence-electron chi connectivity index (χ1n) is 6.13. The molecule has 0 radical (unpaired) electrons. The third-order valence-corrected chi connectivity index (χ3v) is 3.41. The summed E-state index contributed by atoms with van der Waals surface area (Å²) in [7, 11) is 0. The van der Waals surface area contributed by atoms with Crippen molar-refractivity contribution in [2.75, 3.05) is 0 Å². The first-order chi connectivity index (χ1) is 8.78. The van der Waals surface area contributed by atoms with Crippen molar-refractivity contribution in [1.82, 2.24) is 15.0 Å². The van der Waals surface area contributed by atoms with Gasteiger partial charge in [0.2, 0.25) is 0 Å². The van der Waals surface area contributed by atoms with Crippen LogP contribution in [0.4, 0.5) is 0 Å². The van der Waals surface area contributed by atoms with Crippen LogP contribution in [0.5, 0.6) is 0 Å². The number of pyridine rings is 1. The predicted molar refractivity (Wildman–Crippen MR) is 71.5 cm³/mol. The van der Waals surface area contributed by atoms with E-state index < -0.39 is 0 Å². The first kappa shape index (κ1) is 11.6. The minimum Gasteiger partial charge on any atom is -0.250 e. The number of rotatable bonds is 3. The van der Waals surface area contributed by atoms with E-state index in [4.69, 9.17) is 11.6 Å². The molecule has 18 heavy (non-hydrogen) atoms. The van der Waals surface area contributed by atoms with Crippen molar-refractivity contribution in [3.05, 3.63) is 41.3 Å². The number of halogens is 1. The number of aromatic nitrogens is 3. The maximum Gasteiger partial charge on any atom is 0.178 e. The van der Waals surface area contributed by atoms with Gasteiger partial charge in [0.25, 0.3) is 0 Å². The average molecular weight is 260 g/mol. The van der Waals surface area contributed by atoms with E-state index in [9.17, 15) is 0 Å². The van der Waals surface area contributed by atoms with Crippen LogP contribution >= 0.6 is 11.6 Å². The van der Waals surface area contributed by atoms with E-state index in [-0.39, 0.29) is 0 Å². The minimum absolute atomic E-state index is 0.480. The Morgan fingerprint density at radius 2 is 2.11 bits per heavy atom. The van der Waals surface area contributed by atoms with Gasteiger partial charge in [0.15, 0.2) is 5.82 Å². The molecule has 0 N–H and O–H groups in total. The summed E-state index contributed by atoms with van der Waals surface area (Å²) >= 11 is 5.93. The number of hydrogen-bond acceptors (Lipinski definition) is 3. The summed E-state index contributed by atoms with van der Waals surface area (Å²) in [6.07, 6.45) is 4.26. The second-order valence-corrected chi connectivity index (χ2v) is 4.94.